The second-order valence-electron chi connectivity index (χ2n) is 15.3. The standard InChI is InChI=1S/C54H36N4/c1-3-14-36(15-4-1)52-47-33-38(39-26-30-45-43-19-9-11-21-49(43)57(51(45)34-39)40-16-5-2-6-17-40)27-32-48(47)55-54(56-52)37-23-28-41(29-24-37)58-50-22-12-10-20-44(50)46-31-25-35-13-7-8-18-42(35)53(46)58/h1-8,10-18,20-34H,9,19H2. The zero-order chi connectivity index (χ0) is 38.2. The normalized spacial score (nSPS) is 12.6. The number of hydrogen-bond donors (Lipinski definition) is 0. The Morgan fingerprint density at radius 1 is 0.431 bits per heavy atom. The van der Waals surface area contributed by atoms with Gasteiger partial charge in [-0.1, -0.05) is 127 Å². The second-order valence-corrected chi connectivity index (χ2v) is 15.3. The van der Waals surface area contributed by atoms with Gasteiger partial charge >= 0.3 is 0 Å². The summed E-state index contributed by atoms with van der Waals surface area (Å²) in [7, 11) is 0. The van der Waals surface area contributed by atoms with Crippen LogP contribution in [0.2, 0.25) is 0 Å². The van der Waals surface area contributed by atoms with Gasteiger partial charge in [-0.15, -0.1) is 0 Å². The van der Waals surface area contributed by atoms with Crippen LogP contribution in [0, 0.1) is 0 Å². The summed E-state index contributed by atoms with van der Waals surface area (Å²) in [6, 6.07) is 65.4. The molecule has 4 nitrogen and oxygen atoms in total. The fourth-order valence-electron chi connectivity index (χ4n) is 9.28. The largest absolute Gasteiger partial charge is 0.310 e. The summed E-state index contributed by atoms with van der Waals surface area (Å²) >= 11 is 0. The lowest BCUT2D eigenvalue weighted by Gasteiger charge is -2.13. The highest BCUT2D eigenvalue weighted by Gasteiger charge is 2.20. The van der Waals surface area contributed by atoms with Crippen molar-refractivity contribution in [3.63, 3.8) is 0 Å². The summed E-state index contributed by atoms with van der Waals surface area (Å²) in [4.78, 5) is 10.5. The van der Waals surface area contributed by atoms with E-state index in [1.54, 1.807) is 0 Å². The van der Waals surface area contributed by atoms with Gasteiger partial charge in [-0.2, -0.15) is 0 Å². The molecule has 1 aliphatic rings. The summed E-state index contributed by atoms with van der Waals surface area (Å²) in [5.41, 5.74) is 14.8. The molecule has 0 fully saturated rings. The summed E-state index contributed by atoms with van der Waals surface area (Å²) in [5.74, 6) is 0.707. The second kappa shape index (κ2) is 13.0. The molecule has 0 unspecified atom stereocenters. The van der Waals surface area contributed by atoms with Crippen LogP contribution in [-0.4, -0.2) is 19.1 Å². The molecule has 58 heavy (non-hydrogen) atoms. The molecule has 0 atom stereocenters. The Balaban J connectivity index is 0.990. The molecule has 8 aromatic carbocycles. The zero-order valence-corrected chi connectivity index (χ0v) is 31.7. The van der Waals surface area contributed by atoms with Crippen molar-refractivity contribution in [1.82, 2.24) is 19.1 Å². The number of rotatable bonds is 5. The molecule has 4 heteroatoms. The molecule has 3 aromatic heterocycles. The van der Waals surface area contributed by atoms with Crippen LogP contribution >= 0.6 is 0 Å². The Labute approximate surface area is 335 Å². The zero-order valence-electron chi connectivity index (χ0n) is 31.7. The minimum absolute atomic E-state index is 0.707. The fraction of sp³-hybridized carbons (Fsp3) is 0.0370. The summed E-state index contributed by atoms with van der Waals surface area (Å²) in [6.07, 6.45) is 6.71. The Kier molecular flexibility index (Phi) is 7.32. The lowest BCUT2D eigenvalue weighted by molar-refractivity contribution is 0.967. The molecule has 0 radical (unpaired) electrons. The lowest BCUT2D eigenvalue weighted by atomic mass is 9.97. The molecule has 11 aromatic rings. The quantitative estimate of drug-likeness (QED) is 0.176. The molecule has 0 spiro atoms. The van der Waals surface area contributed by atoms with E-state index in [1.165, 1.54) is 66.0 Å². The number of hydrogen-bond acceptors (Lipinski definition) is 2. The van der Waals surface area contributed by atoms with Crippen molar-refractivity contribution in [2.24, 2.45) is 0 Å². The van der Waals surface area contributed by atoms with Gasteiger partial charge in [-0.05, 0) is 102 Å². The van der Waals surface area contributed by atoms with Gasteiger partial charge in [0.05, 0.1) is 27.8 Å². The number of aryl methyl sites for hydroxylation is 1. The monoisotopic (exact) mass is 740 g/mol. The molecule has 0 amide bonds. The van der Waals surface area contributed by atoms with Crippen LogP contribution in [-0.2, 0) is 6.42 Å². The van der Waals surface area contributed by atoms with Crippen LogP contribution in [0.15, 0.2) is 188 Å². The predicted octanol–water partition coefficient (Wildman–Crippen LogP) is 13.8. The minimum atomic E-state index is 0.707. The SMILES string of the molecule is C1=Cc2c(c3ccc(-c4ccc5nc(-c6ccc(-n7c8ccccc8c8ccc9ccccc9c87)cc6)nc(-c6ccccc6)c5c4)cc3n2-c2ccccc2)CC1. The van der Waals surface area contributed by atoms with Crippen molar-refractivity contribution >= 4 is 60.5 Å². The topological polar surface area (TPSA) is 35.6 Å². The third-order valence-corrected chi connectivity index (χ3v) is 12.0. The van der Waals surface area contributed by atoms with E-state index in [2.05, 4.69) is 203 Å². The maximum absolute atomic E-state index is 5.33. The van der Waals surface area contributed by atoms with Crippen LogP contribution in [0.5, 0.6) is 0 Å². The molecule has 0 bridgehead atoms. The van der Waals surface area contributed by atoms with Crippen molar-refractivity contribution in [2.75, 3.05) is 0 Å². The molecule has 0 saturated heterocycles. The highest BCUT2D eigenvalue weighted by atomic mass is 15.0. The lowest BCUT2D eigenvalue weighted by Crippen LogP contribution is -1.99. The molecule has 0 saturated carbocycles. The van der Waals surface area contributed by atoms with Crippen molar-refractivity contribution in [3.8, 4) is 45.1 Å². The van der Waals surface area contributed by atoms with Crippen LogP contribution in [0.4, 0.5) is 0 Å². The van der Waals surface area contributed by atoms with Crippen LogP contribution in [0.25, 0.3) is 106 Å². The third-order valence-electron chi connectivity index (χ3n) is 12.0. The van der Waals surface area contributed by atoms with Gasteiger partial charge in [-0.3, -0.25) is 0 Å². The van der Waals surface area contributed by atoms with Gasteiger partial charge in [0.2, 0.25) is 0 Å². The smallest absolute Gasteiger partial charge is 0.160 e. The van der Waals surface area contributed by atoms with E-state index in [1.807, 2.05) is 0 Å². The van der Waals surface area contributed by atoms with E-state index in [0.29, 0.717) is 5.82 Å². The van der Waals surface area contributed by atoms with Gasteiger partial charge in [0, 0.05) is 55.1 Å². The van der Waals surface area contributed by atoms with Crippen molar-refractivity contribution < 1.29 is 0 Å². The van der Waals surface area contributed by atoms with Crippen molar-refractivity contribution in [3.05, 3.63) is 199 Å². The molecule has 0 aliphatic heterocycles. The van der Waals surface area contributed by atoms with Crippen LogP contribution in [0.3, 0.4) is 0 Å². The Morgan fingerprint density at radius 3 is 1.98 bits per heavy atom. The average molecular weight is 741 g/mol. The molecule has 0 N–H and O–H groups in total. The molecular weight excluding hydrogens is 705 g/mol. The average Bonchev–Trinajstić information content (AvgIpc) is 3.82. The minimum Gasteiger partial charge on any atom is -0.310 e. The highest BCUT2D eigenvalue weighted by Crippen LogP contribution is 2.40. The van der Waals surface area contributed by atoms with Crippen molar-refractivity contribution in [2.45, 2.75) is 12.8 Å². The van der Waals surface area contributed by atoms with Gasteiger partial charge in [0.1, 0.15) is 0 Å². The first kappa shape index (κ1) is 32.7. The van der Waals surface area contributed by atoms with Gasteiger partial charge < -0.3 is 9.13 Å². The number of allylic oxidation sites excluding steroid dienone is 1. The van der Waals surface area contributed by atoms with Crippen LogP contribution < -0.4 is 0 Å². The highest BCUT2D eigenvalue weighted by molar-refractivity contribution is 6.18. The molecule has 1 aliphatic carbocycles. The van der Waals surface area contributed by atoms with Gasteiger partial charge in [-0.25, -0.2) is 9.97 Å². The molecule has 12 rings (SSSR count). The van der Waals surface area contributed by atoms with E-state index in [-0.39, 0.29) is 0 Å². The van der Waals surface area contributed by atoms with Crippen molar-refractivity contribution in [1.29, 1.82) is 0 Å². The number of fused-ring (bicyclic) bond motifs is 9. The Hall–Kier alpha value is -7.56. The number of para-hydroxylation sites is 2. The maximum atomic E-state index is 5.33. The van der Waals surface area contributed by atoms with E-state index >= 15 is 0 Å². The maximum Gasteiger partial charge on any atom is 0.160 e. The fourth-order valence-corrected chi connectivity index (χ4v) is 9.28. The summed E-state index contributed by atoms with van der Waals surface area (Å²) < 4.78 is 4.82. The van der Waals surface area contributed by atoms with E-state index in [0.717, 1.165) is 51.8 Å². The Morgan fingerprint density at radius 2 is 1.12 bits per heavy atom. The summed E-state index contributed by atoms with van der Waals surface area (Å²) in [5, 5.41) is 7.33. The van der Waals surface area contributed by atoms with Gasteiger partial charge in [0.25, 0.3) is 0 Å². The first-order valence-electron chi connectivity index (χ1n) is 20.1. The number of benzene rings is 8. The molecular formula is C54H36N4. The van der Waals surface area contributed by atoms with Crippen LogP contribution in [0.1, 0.15) is 17.7 Å². The van der Waals surface area contributed by atoms with E-state index in [4.69, 9.17) is 9.97 Å². The first-order chi connectivity index (χ1) is 28.8. The number of aromatic nitrogens is 4. The number of nitrogens with zero attached hydrogens (tertiary/aromatic N) is 4. The third kappa shape index (κ3) is 5.08. The van der Waals surface area contributed by atoms with E-state index < -0.39 is 0 Å². The predicted molar refractivity (Wildman–Crippen MR) is 242 cm³/mol. The molecule has 272 valence electrons. The molecule has 3 heterocycles. The summed E-state index contributed by atoms with van der Waals surface area (Å²) in [6.45, 7) is 0. The Bertz CT molecular complexity index is 3430. The van der Waals surface area contributed by atoms with Gasteiger partial charge in [0.15, 0.2) is 5.82 Å². The van der Waals surface area contributed by atoms with E-state index in [9.17, 15) is 0 Å². The first-order valence-corrected chi connectivity index (χ1v) is 20.1.